The third-order valence-electron chi connectivity index (χ3n) is 3.58. The molecule has 4 nitrogen and oxygen atoms in total. The van der Waals surface area contributed by atoms with Gasteiger partial charge in [-0.2, -0.15) is 0 Å². The molecule has 18 heavy (non-hydrogen) atoms. The molecule has 0 aromatic heterocycles. The molecular formula is C14H29NO3. The minimum absolute atomic E-state index is 0.320. The number of hydrogen-bond donors (Lipinski definition) is 2. The van der Waals surface area contributed by atoms with E-state index < -0.39 is 6.10 Å². The Kier molecular flexibility index (Phi) is 7.82. The molecule has 1 heterocycles. The Morgan fingerprint density at radius 2 is 2.11 bits per heavy atom. The van der Waals surface area contributed by atoms with Gasteiger partial charge in [0.15, 0.2) is 0 Å². The van der Waals surface area contributed by atoms with Gasteiger partial charge in [-0.3, -0.25) is 0 Å². The molecule has 0 saturated carbocycles. The van der Waals surface area contributed by atoms with Crippen molar-refractivity contribution in [2.24, 2.45) is 5.41 Å². The molecule has 1 aliphatic rings. The maximum atomic E-state index is 9.75. The lowest BCUT2D eigenvalue weighted by atomic mass is 9.82. The summed E-state index contributed by atoms with van der Waals surface area (Å²) in [6, 6.07) is 0. The van der Waals surface area contributed by atoms with Crippen LogP contribution in [-0.4, -0.2) is 50.7 Å². The predicted molar refractivity (Wildman–Crippen MR) is 72.8 cm³/mol. The van der Waals surface area contributed by atoms with Crippen molar-refractivity contribution < 1.29 is 14.6 Å². The zero-order chi connectivity index (χ0) is 13.3. The van der Waals surface area contributed by atoms with Crippen LogP contribution in [0, 0.1) is 5.41 Å². The van der Waals surface area contributed by atoms with E-state index in [-0.39, 0.29) is 0 Å². The lowest BCUT2D eigenvalue weighted by Crippen LogP contribution is -2.40. The second kappa shape index (κ2) is 8.86. The Morgan fingerprint density at radius 3 is 2.78 bits per heavy atom. The second-order valence-corrected chi connectivity index (χ2v) is 5.64. The van der Waals surface area contributed by atoms with E-state index in [1.165, 1.54) is 0 Å². The number of hydrogen-bond acceptors (Lipinski definition) is 4. The van der Waals surface area contributed by atoms with Crippen LogP contribution in [0.2, 0.25) is 0 Å². The zero-order valence-corrected chi connectivity index (χ0v) is 11.9. The van der Waals surface area contributed by atoms with Crippen molar-refractivity contribution in [2.75, 3.05) is 39.5 Å². The van der Waals surface area contributed by atoms with Crippen molar-refractivity contribution in [3.63, 3.8) is 0 Å². The fourth-order valence-corrected chi connectivity index (χ4v) is 2.11. The maximum Gasteiger partial charge on any atom is 0.0897 e. The van der Waals surface area contributed by atoms with Crippen LogP contribution in [0.15, 0.2) is 0 Å². The molecule has 0 spiro atoms. The summed E-state index contributed by atoms with van der Waals surface area (Å²) in [5.74, 6) is 0. The monoisotopic (exact) mass is 259 g/mol. The van der Waals surface area contributed by atoms with Gasteiger partial charge in [-0.25, -0.2) is 0 Å². The topological polar surface area (TPSA) is 50.7 Å². The van der Waals surface area contributed by atoms with Crippen molar-refractivity contribution in [3.05, 3.63) is 0 Å². The Balaban J connectivity index is 2.02. The highest BCUT2D eigenvalue weighted by Gasteiger charge is 2.26. The standard InChI is InChI=1S/C14H29NO3/c1-3-4-7-18-11-13(16)10-15-12-14(2)5-8-17-9-6-14/h13,15-16H,3-12H2,1-2H3. The Morgan fingerprint density at radius 1 is 1.39 bits per heavy atom. The third kappa shape index (κ3) is 6.69. The summed E-state index contributed by atoms with van der Waals surface area (Å²) in [7, 11) is 0. The Hall–Kier alpha value is -0.160. The first kappa shape index (κ1) is 15.9. The molecule has 1 saturated heterocycles. The molecule has 1 aliphatic heterocycles. The molecular weight excluding hydrogens is 230 g/mol. The maximum absolute atomic E-state index is 9.75. The van der Waals surface area contributed by atoms with Crippen LogP contribution in [-0.2, 0) is 9.47 Å². The molecule has 0 aromatic rings. The zero-order valence-electron chi connectivity index (χ0n) is 11.9. The molecule has 0 radical (unpaired) electrons. The summed E-state index contributed by atoms with van der Waals surface area (Å²) >= 11 is 0. The lowest BCUT2D eigenvalue weighted by Gasteiger charge is -2.34. The average molecular weight is 259 g/mol. The van der Waals surface area contributed by atoms with E-state index >= 15 is 0 Å². The van der Waals surface area contributed by atoms with E-state index in [2.05, 4.69) is 19.2 Å². The van der Waals surface area contributed by atoms with Gasteiger partial charge in [0, 0.05) is 32.9 Å². The Bertz CT molecular complexity index is 205. The summed E-state index contributed by atoms with van der Waals surface area (Å²) in [6.07, 6.45) is 4.00. The number of aliphatic hydroxyl groups is 1. The van der Waals surface area contributed by atoms with Gasteiger partial charge in [0.25, 0.3) is 0 Å². The Labute approximate surface area is 111 Å². The van der Waals surface area contributed by atoms with E-state index in [9.17, 15) is 5.11 Å². The molecule has 0 aliphatic carbocycles. The highest BCUT2D eigenvalue weighted by Crippen LogP contribution is 2.28. The quantitative estimate of drug-likeness (QED) is 0.617. The van der Waals surface area contributed by atoms with Gasteiger partial charge in [-0.05, 0) is 24.7 Å². The van der Waals surface area contributed by atoms with Gasteiger partial charge in [0.05, 0.1) is 12.7 Å². The first-order valence-corrected chi connectivity index (χ1v) is 7.20. The normalized spacial score (nSPS) is 20.8. The van der Waals surface area contributed by atoms with E-state index in [1.807, 2.05) is 0 Å². The fraction of sp³-hybridized carbons (Fsp3) is 1.00. The molecule has 0 amide bonds. The number of nitrogens with one attached hydrogen (secondary N) is 1. The molecule has 1 rings (SSSR count). The van der Waals surface area contributed by atoms with Gasteiger partial charge in [-0.1, -0.05) is 20.3 Å². The average Bonchev–Trinajstić information content (AvgIpc) is 2.35. The van der Waals surface area contributed by atoms with Crippen LogP contribution in [0.3, 0.4) is 0 Å². The van der Waals surface area contributed by atoms with E-state index in [1.54, 1.807) is 0 Å². The van der Waals surface area contributed by atoms with Crippen molar-refractivity contribution in [2.45, 2.75) is 45.6 Å². The van der Waals surface area contributed by atoms with Crippen LogP contribution in [0.25, 0.3) is 0 Å². The van der Waals surface area contributed by atoms with Crippen molar-refractivity contribution in [1.82, 2.24) is 5.32 Å². The third-order valence-corrected chi connectivity index (χ3v) is 3.58. The summed E-state index contributed by atoms with van der Waals surface area (Å²) in [4.78, 5) is 0. The molecule has 108 valence electrons. The van der Waals surface area contributed by atoms with Crippen LogP contribution in [0.5, 0.6) is 0 Å². The second-order valence-electron chi connectivity index (χ2n) is 5.64. The molecule has 2 N–H and O–H groups in total. The summed E-state index contributed by atoms with van der Waals surface area (Å²) in [5.41, 5.74) is 0.320. The van der Waals surface area contributed by atoms with E-state index in [0.29, 0.717) is 18.6 Å². The highest BCUT2D eigenvalue weighted by molar-refractivity contribution is 4.79. The van der Waals surface area contributed by atoms with Crippen LogP contribution in [0.4, 0.5) is 0 Å². The SMILES string of the molecule is CCCCOCC(O)CNCC1(C)CCOCC1. The molecule has 0 bridgehead atoms. The highest BCUT2D eigenvalue weighted by atomic mass is 16.5. The number of unbranched alkanes of at least 4 members (excludes halogenated alkanes) is 1. The fourth-order valence-electron chi connectivity index (χ4n) is 2.11. The van der Waals surface area contributed by atoms with Gasteiger partial charge in [-0.15, -0.1) is 0 Å². The van der Waals surface area contributed by atoms with Crippen molar-refractivity contribution in [3.8, 4) is 0 Å². The first-order chi connectivity index (χ1) is 8.66. The minimum Gasteiger partial charge on any atom is -0.389 e. The molecule has 1 atom stereocenters. The van der Waals surface area contributed by atoms with Crippen LogP contribution >= 0.6 is 0 Å². The summed E-state index contributed by atoms with van der Waals surface area (Å²) in [6.45, 7) is 8.89. The van der Waals surface area contributed by atoms with Gasteiger partial charge in [0.2, 0.25) is 0 Å². The minimum atomic E-state index is -0.398. The molecule has 0 aromatic carbocycles. The first-order valence-electron chi connectivity index (χ1n) is 7.20. The molecule has 4 heteroatoms. The van der Waals surface area contributed by atoms with Gasteiger partial charge >= 0.3 is 0 Å². The predicted octanol–water partition coefficient (Wildman–Crippen LogP) is 1.57. The smallest absolute Gasteiger partial charge is 0.0897 e. The summed E-state index contributed by atoms with van der Waals surface area (Å²) < 4.78 is 10.8. The number of aliphatic hydroxyl groups excluding tert-OH is 1. The molecule has 1 fully saturated rings. The summed E-state index contributed by atoms with van der Waals surface area (Å²) in [5, 5.41) is 13.1. The van der Waals surface area contributed by atoms with Crippen molar-refractivity contribution in [1.29, 1.82) is 0 Å². The molecule has 1 unspecified atom stereocenters. The number of ether oxygens (including phenoxy) is 2. The van der Waals surface area contributed by atoms with E-state index in [4.69, 9.17) is 9.47 Å². The lowest BCUT2D eigenvalue weighted by molar-refractivity contribution is 0.0160. The number of rotatable bonds is 9. The van der Waals surface area contributed by atoms with Crippen molar-refractivity contribution >= 4 is 0 Å². The largest absolute Gasteiger partial charge is 0.389 e. The van der Waals surface area contributed by atoms with Crippen LogP contribution in [0.1, 0.15) is 39.5 Å². The van der Waals surface area contributed by atoms with E-state index in [0.717, 1.165) is 52.0 Å². The van der Waals surface area contributed by atoms with Crippen LogP contribution < -0.4 is 5.32 Å². The van der Waals surface area contributed by atoms with Gasteiger partial charge in [0.1, 0.15) is 0 Å². The van der Waals surface area contributed by atoms with Gasteiger partial charge < -0.3 is 19.9 Å².